The lowest BCUT2D eigenvalue weighted by atomic mass is 10.2. The monoisotopic (exact) mass is 297 g/mol. The van der Waals surface area contributed by atoms with Crippen LogP contribution in [-0.4, -0.2) is 9.97 Å². The molecule has 0 N–H and O–H groups in total. The average molecular weight is 297 g/mol. The van der Waals surface area contributed by atoms with Crippen molar-refractivity contribution >= 4 is 33.3 Å². The van der Waals surface area contributed by atoms with Gasteiger partial charge in [0.2, 0.25) is 0 Å². The van der Waals surface area contributed by atoms with Crippen molar-refractivity contribution in [3.63, 3.8) is 0 Å². The van der Waals surface area contributed by atoms with Crippen LogP contribution in [0.1, 0.15) is 16.0 Å². The lowest BCUT2D eigenvalue weighted by molar-refractivity contribution is 1.11. The van der Waals surface area contributed by atoms with E-state index in [1.807, 2.05) is 24.3 Å². The second-order valence-corrected chi connectivity index (χ2v) is 6.55. The first-order valence-electron chi connectivity index (χ1n) is 6.09. The summed E-state index contributed by atoms with van der Waals surface area (Å²) >= 11 is 3.39. The van der Waals surface area contributed by atoms with E-state index in [0.29, 0.717) is 5.56 Å². The predicted octanol–water partition coefficient (Wildman–Crippen LogP) is 4.16. The Kier molecular flexibility index (Phi) is 3.68. The Labute approximate surface area is 125 Å². The molecule has 98 valence electrons. The predicted molar refractivity (Wildman–Crippen MR) is 82.9 cm³/mol. The van der Waals surface area contributed by atoms with Crippen LogP contribution in [0.5, 0.6) is 0 Å². The molecule has 0 atom stereocenters. The van der Waals surface area contributed by atoms with E-state index >= 15 is 0 Å². The van der Waals surface area contributed by atoms with Gasteiger partial charge in [0.1, 0.15) is 16.2 Å². The van der Waals surface area contributed by atoms with Crippen LogP contribution in [0.3, 0.4) is 0 Å². The first-order chi connectivity index (χ1) is 9.76. The van der Waals surface area contributed by atoms with E-state index in [0.717, 1.165) is 21.0 Å². The van der Waals surface area contributed by atoms with E-state index < -0.39 is 0 Å². The number of aryl methyl sites for hydroxylation is 1. The van der Waals surface area contributed by atoms with Gasteiger partial charge in [-0.2, -0.15) is 5.26 Å². The highest BCUT2D eigenvalue weighted by Gasteiger charge is 2.07. The van der Waals surface area contributed by atoms with Gasteiger partial charge < -0.3 is 0 Å². The van der Waals surface area contributed by atoms with E-state index in [2.05, 4.69) is 29.0 Å². The Morgan fingerprint density at radius 2 is 2.05 bits per heavy atom. The van der Waals surface area contributed by atoms with Gasteiger partial charge in [0, 0.05) is 16.0 Å². The molecule has 0 aliphatic heterocycles. The summed E-state index contributed by atoms with van der Waals surface area (Å²) in [5.41, 5.74) is 1.88. The standard InChI is InChI=1S/C15H11N3S2/c1-10-6-13-14(17-9-18-15(13)20-10)19-8-12-4-2-11(7-16)3-5-12/h2-6,9H,8H2,1H3. The number of hydrogen-bond acceptors (Lipinski definition) is 5. The molecule has 0 fully saturated rings. The third kappa shape index (κ3) is 2.67. The second-order valence-electron chi connectivity index (χ2n) is 4.35. The third-order valence-electron chi connectivity index (χ3n) is 2.87. The quantitative estimate of drug-likeness (QED) is 0.538. The molecule has 0 radical (unpaired) electrons. The summed E-state index contributed by atoms with van der Waals surface area (Å²) in [5, 5.41) is 10.9. The molecule has 0 amide bonds. The topological polar surface area (TPSA) is 49.6 Å². The van der Waals surface area contributed by atoms with Gasteiger partial charge in [-0.1, -0.05) is 12.1 Å². The molecule has 0 bridgehead atoms. The zero-order valence-corrected chi connectivity index (χ0v) is 12.5. The fourth-order valence-electron chi connectivity index (χ4n) is 1.90. The molecule has 3 aromatic rings. The molecule has 0 aliphatic rings. The molecule has 2 heterocycles. The highest BCUT2D eigenvalue weighted by molar-refractivity contribution is 7.98. The summed E-state index contributed by atoms with van der Waals surface area (Å²) in [7, 11) is 0. The molecule has 0 saturated heterocycles. The van der Waals surface area contributed by atoms with Gasteiger partial charge in [-0.3, -0.25) is 0 Å². The lowest BCUT2D eigenvalue weighted by Crippen LogP contribution is -1.86. The summed E-state index contributed by atoms with van der Waals surface area (Å²) in [5.74, 6) is 0.840. The number of benzene rings is 1. The van der Waals surface area contributed by atoms with Crippen LogP contribution < -0.4 is 0 Å². The maximum Gasteiger partial charge on any atom is 0.128 e. The van der Waals surface area contributed by atoms with Gasteiger partial charge in [0.25, 0.3) is 0 Å². The Balaban J connectivity index is 1.81. The smallest absolute Gasteiger partial charge is 0.128 e. The highest BCUT2D eigenvalue weighted by atomic mass is 32.2. The molecule has 0 saturated carbocycles. The van der Waals surface area contributed by atoms with Crippen LogP contribution in [0.4, 0.5) is 0 Å². The number of fused-ring (bicyclic) bond motifs is 1. The number of thiophene rings is 1. The van der Waals surface area contributed by atoms with E-state index in [4.69, 9.17) is 5.26 Å². The van der Waals surface area contributed by atoms with Crippen LogP contribution in [0.15, 0.2) is 41.7 Å². The molecular weight excluding hydrogens is 286 g/mol. The molecule has 20 heavy (non-hydrogen) atoms. The maximum atomic E-state index is 8.79. The van der Waals surface area contributed by atoms with Crippen molar-refractivity contribution < 1.29 is 0 Å². The molecule has 3 nitrogen and oxygen atoms in total. The van der Waals surface area contributed by atoms with Crippen LogP contribution in [0.2, 0.25) is 0 Å². The summed E-state index contributed by atoms with van der Waals surface area (Å²) in [6, 6.07) is 11.9. The van der Waals surface area contributed by atoms with Crippen LogP contribution in [0.25, 0.3) is 10.2 Å². The van der Waals surface area contributed by atoms with Crippen LogP contribution in [-0.2, 0) is 5.75 Å². The summed E-state index contributed by atoms with van der Waals surface area (Å²) in [6.07, 6.45) is 1.62. The minimum atomic E-state index is 0.691. The zero-order valence-electron chi connectivity index (χ0n) is 10.8. The van der Waals surface area contributed by atoms with Crippen molar-refractivity contribution in [3.8, 4) is 6.07 Å². The SMILES string of the molecule is Cc1cc2c(SCc3ccc(C#N)cc3)ncnc2s1. The van der Waals surface area contributed by atoms with Crippen molar-refractivity contribution in [1.82, 2.24) is 9.97 Å². The highest BCUT2D eigenvalue weighted by Crippen LogP contribution is 2.31. The molecule has 1 aromatic carbocycles. The number of aromatic nitrogens is 2. The average Bonchev–Trinajstić information content (AvgIpc) is 2.86. The molecule has 5 heteroatoms. The Morgan fingerprint density at radius 1 is 1.25 bits per heavy atom. The van der Waals surface area contributed by atoms with Gasteiger partial charge >= 0.3 is 0 Å². The molecular formula is C15H11N3S2. The number of nitriles is 1. The van der Waals surface area contributed by atoms with Crippen LogP contribution >= 0.6 is 23.1 Å². The fraction of sp³-hybridized carbons (Fsp3) is 0.133. The fourth-order valence-corrected chi connectivity index (χ4v) is 3.74. The largest absolute Gasteiger partial charge is 0.229 e. The Hall–Kier alpha value is -1.90. The number of nitrogens with zero attached hydrogens (tertiary/aromatic N) is 3. The van der Waals surface area contributed by atoms with Crippen LogP contribution in [0, 0.1) is 18.3 Å². The Bertz CT molecular complexity index is 785. The van der Waals surface area contributed by atoms with Gasteiger partial charge in [-0.15, -0.1) is 23.1 Å². The molecule has 0 unspecified atom stereocenters. The van der Waals surface area contributed by atoms with Gasteiger partial charge in [0.15, 0.2) is 0 Å². The number of thioether (sulfide) groups is 1. The zero-order chi connectivity index (χ0) is 13.9. The number of hydrogen-bond donors (Lipinski definition) is 0. The van der Waals surface area contributed by atoms with E-state index in [9.17, 15) is 0 Å². The first-order valence-corrected chi connectivity index (χ1v) is 7.89. The third-order valence-corrected chi connectivity index (χ3v) is 4.91. The van der Waals surface area contributed by atoms with Crippen molar-refractivity contribution in [1.29, 1.82) is 5.26 Å². The van der Waals surface area contributed by atoms with Crippen molar-refractivity contribution in [2.45, 2.75) is 17.7 Å². The minimum absolute atomic E-state index is 0.691. The Morgan fingerprint density at radius 3 is 2.80 bits per heavy atom. The molecule has 0 spiro atoms. The molecule has 2 aromatic heterocycles. The second kappa shape index (κ2) is 5.61. The normalized spacial score (nSPS) is 10.6. The van der Waals surface area contributed by atoms with Gasteiger partial charge in [-0.25, -0.2) is 9.97 Å². The molecule has 0 aliphatic carbocycles. The first kappa shape index (κ1) is 13.1. The lowest BCUT2D eigenvalue weighted by Gasteiger charge is -2.02. The summed E-state index contributed by atoms with van der Waals surface area (Å²) in [4.78, 5) is 11.0. The van der Waals surface area contributed by atoms with Crippen molar-refractivity contribution in [2.24, 2.45) is 0 Å². The maximum absolute atomic E-state index is 8.79. The summed E-state index contributed by atoms with van der Waals surface area (Å²) < 4.78 is 0. The van der Waals surface area contributed by atoms with Gasteiger partial charge in [0.05, 0.1) is 11.6 Å². The molecule has 3 rings (SSSR count). The van der Waals surface area contributed by atoms with Crippen molar-refractivity contribution in [3.05, 3.63) is 52.7 Å². The van der Waals surface area contributed by atoms with E-state index in [1.165, 1.54) is 10.4 Å². The van der Waals surface area contributed by atoms with Crippen molar-refractivity contribution in [2.75, 3.05) is 0 Å². The van der Waals surface area contributed by atoms with E-state index in [-0.39, 0.29) is 0 Å². The van der Waals surface area contributed by atoms with Gasteiger partial charge in [-0.05, 0) is 30.7 Å². The summed E-state index contributed by atoms with van der Waals surface area (Å²) in [6.45, 7) is 2.08. The number of rotatable bonds is 3. The minimum Gasteiger partial charge on any atom is -0.229 e. The van der Waals surface area contributed by atoms with E-state index in [1.54, 1.807) is 29.4 Å².